The van der Waals surface area contributed by atoms with Crippen LogP contribution in [0.5, 0.6) is 0 Å². The Morgan fingerprint density at radius 1 is 1.11 bits per heavy atom. The summed E-state index contributed by atoms with van der Waals surface area (Å²) in [5.41, 5.74) is 3.42. The van der Waals surface area contributed by atoms with Crippen LogP contribution in [0.25, 0.3) is 10.8 Å². The Morgan fingerprint density at radius 3 is 2.62 bits per heavy atom. The van der Waals surface area contributed by atoms with Crippen molar-refractivity contribution >= 4 is 28.6 Å². The minimum absolute atomic E-state index is 0.0488. The van der Waals surface area contributed by atoms with Gasteiger partial charge in [-0.25, -0.2) is 9.78 Å². The maximum atomic E-state index is 13.6. The van der Waals surface area contributed by atoms with E-state index in [4.69, 9.17) is 5.26 Å². The number of carbonyl (C=O) groups excluding carboxylic acids is 2. The first-order valence-electron chi connectivity index (χ1n) is 16.2. The molecule has 244 valence electrons. The molecule has 2 heterocycles. The van der Waals surface area contributed by atoms with E-state index < -0.39 is 12.0 Å². The Bertz CT molecular complexity index is 1740. The molecule has 1 aromatic heterocycles. The molecule has 47 heavy (non-hydrogen) atoms. The number of imidazole rings is 1. The van der Waals surface area contributed by atoms with E-state index in [0.29, 0.717) is 44.6 Å². The first-order valence-corrected chi connectivity index (χ1v) is 16.2. The summed E-state index contributed by atoms with van der Waals surface area (Å²) < 4.78 is 1.93. The number of aromatic nitrogens is 2. The number of likely N-dealkylation sites (tertiary alicyclic amines) is 1. The summed E-state index contributed by atoms with van der Waals surface area (Å²) in [6.45, 7) is 6.08. The Labute approximate surface area is 275 Å². The lowest BCUT2D eigenvalue weighted by Gasteiger charge is -2.33. The van der Waals surface area contributed by atoms with Crippen LogP contribution in [-0.4, -0.2) is 74.0 Å². The fourth-order valence-corrected chi connectivity index (χ4v) is 6.33. The Balaban J connectivity index is 1.33. The van der Waals surface area contributed by atoms with Gasteiger partial charge in [-0.15, -0.1) is 0 Å². The van der Waals surface area contributed by atoms with E-state index in [0.717, 1.165) is 34.0 Å². The van der Waals surface area contributed by atoms with Crippen molar-refractivity contribution in [1.82, 2.24) is 24.7 Å². The molecule has 1 fully saturated rings. The summed E-state index contributed by atoms with van der Waals surface area (Å²) >= 11 is 0. The number of hydrogen-bond acceptors (Lipinski definition) is 6. The van der Waals surface area contributed by atoms with Gasteiger partial charge in [0.05, 0.1) is 30.9 Å². The zero-order valence-electron chi connectivity index (χ0n) is 27.0. The monoisotopic (exact) mass is 634 g/mol. The minimum Gasteiger partial charge on any atom is -0.480 e. The van der Waals surface area contributed by atoms with E-state index in [2.05, 4.69) is 54.5 Å². The second-order valence-electron chi connectivity index (χ2n) is 12.4. The van der Waals surface area contributed by atoms with Gasteiger partial charge < -0.3 is 19.9 Å². The van der Waals surface area contributed by atoms with Gasteiger partial charge in [-0.1, -0.05) is 74.9 Å². The third-order valence-corrected chi connectivity index (χ3v) is 9.20. The summed E-state index contributed by atoms with van der Waals surface area (Å²) in [4.78, 5) is 46.9. The molecule has 4 aromatic rings. The first-order chi connectivity index (χ1) is 22.7. The molecule has 1 aliphatic rings. The van der Waals surface area contributed by atoms with Crippen molar-refractivity contribution in [3.8, 4) is 6.07 Å². The molecule has 1 aliphatic heterocycles. The quantitative estimate of drug-likeness (QED) is 0.207. The van der Waals surface area contributed by atoms with Crippen molar-refractivity contribution in [3.05, 3.63) is 102 Å². The molecule has 0 radical (unpaired) electrons. The molecule has 5 rings (SSSR count). The summed E-state index contributed by atoms with van der Waals surface area (Å²) in [7, 11) is 0. The molecular formula is C37H42N6O4. The average molecular weight is 635 g/mol. The molecule has 10 nitrogen and oxygen atoms in total. The summed E-state index contributed by atoms with van der Waals surface area (Å²) in [5.74, 6) is -1.21. The molecule has 3 aromatic carbocycles. The number of aliphatic carboxylic acids is 1. The van der Waals surface area contributed by atoms with Crippen LogP contribution in [0.15, 0.2) is 79.3 Å². The van der Waals surface area contributed by atoms with Gasteiger partial charge >= 0.3 is 5.97 Å². The van der Waals surface area contributed by atoms with Crippen LogP contribution >= 0.6 is 0 Å². The van der Waals surface area contributed by atoms with E-state index in [1.165, 1.54) is 4.90 Å². The normalized spacial score (nSPS) is 15.8. The maximum Gasteiger partial charge on any atom is 0.326 e. The highest BCUT2D eigenvalue weighted by Crippen LogP contribution is 2.23. The molecule has 0 aliphatic carbocycles. The highest BCUT2D eigenvalue weighted by atomic mass is 16.4. The number of carboxylic acids is 1. The van der Waals surface area contributed by atoms with Gasteiger partial charge in [-0.3, -0.25) is 14.5 Å². The summed E-state index contributed by atoms with van der Waals surface area (Å²) in [6.07, 6.45) is 5.48. The number of nitrogens with zero attached hydrogens (tertiary/aromatic N) is 5. The lowest BCUT2D eigenvalue weighted by molar-refractivity contribution is -0.148. The Hall–Kier alpha value is -5.01. The van der Waals surface area contributed by atoms with Crippen LogP contribution in [0, 0.1) is 17.2 Å². The van der Waals surface area contributed by atoms with Crippen molar-refractivity contribution in [1.29, 1.82) is 5.26 Å². The van der Waals surface area contributed by atoms with Crippen LogP contribution in [0.1, 0.15) is 55.5 Å². The number of fused-ring (bicyclic) bond motifs is 1. The number of hydrogen-bond donors (Lipinski definition) is 2. The molecule has 0 saturated carbocycles. The van der Waals surface area contributed by atoms with Gasteiger partial charge in [0.25, 0.3) is 0 Å². The number of amides is 2. The van der Waals surface area contributed by atoms with Gasteiger partial charge in [0.15, 0.2) is 0 Å². The lowest BCUT2D eigenvalue weighted by Crippen LogP contribution is -2.51. The fourth-order valence-electron chi connectivity index (χ4n) is 6.33. The van der Waals surface area contributed by atoms with E-state index in [1.807, 2.05) is 39.8 Å². The van der Waals surface area contributed by atoms with E-state index in [1.54, 1.807) is 24.7 Å². The van der Waals surface area contributed by atoms with Crippen molar-refractivity contribution in [3.63, 3.8) is 0 Å². The molecule has 3 atom stereocenters. The molecule has 0 bridgehead atoms. The number of carboxylic acid groups (broad SMARTS) is 1. The molecule has 0 spiro atoms. The molecule has 2 amide bonds. The van der Waals surface area contributed by atoms with E-state index in [-0.39, 0.29) is 36.7 Å². The molecule has 1 saturated heterocycles. The van der Waals surface area contributed by atoms with Gasteiger partial charge in [-0.2, -0.15) is 5.26 Å². The molecular weight excluding hydrogens is 592 g/mol. The number of nitriles is 1. The van der Waals surface area contributed by atoms with E-state index >= 15 is 0 Å². The minimum atomic E-state index is -0.973. The zero-order valence-corrected chi connectivity index (χ0v) is 27.0. The third-order valence-electron chi connectivity index (χ3n) is 9.20. The second-order valence-corrected chi connectivity index (χ2v) is 12.4. The van der Waals surface area contributed by atoms with Crippen molar-refractivity contribution in [2.45, 2.75) is 64.7 Å². The zero-order chi connectivity index (χ0) is 33.3. The predicted molar refractivity (Wildman–Crippen MR) is 179 cm³/mol. The summed E-state index contributed by atoms with van der Waals surface area (Å²) in [5, 5.41) is 24.3. The van der Waals surface area contributed by atoms with E-state index in [9.17, 15) is 19.5 Å². The van der Waals surface area contributed by atoms with Crippen molar-refractivity contribution in [2.75, 3.05) is 19.6 Å². The van der Waals surface area contributed by atoms with Crippen LogP contribution in [0.3, 0.4) is 0 Å². The first kappa shape index (κ1) is 33.4. The number of carbonyl (C=O) groups is 3. The summed E-state index contributed by atoms with van der Waals surface area (Å²) in [6, 6.07) is 22.7. The smallest absolute Gasteiger partial charge is 0.326 e. The molecule has 10 heteroatoms. The number of rotatable bonds is 14. The highest BCUT2D eigenvalue weighted by molar-refractivity contribution is 5.87. The van der Waals surface area contributed by atoms with Gasteiger partial charge in [0, 0.05) is 44.1 Å². The molecule has 2 N–H and O–H groups in total. The maximum absolute atomic E-state index is 13.6. The van der Waals surface area contributed by atoms with Crippen LogP contribution in [0.4, 0.5) is 0 Å². The highest BCUT2D eigenvalue weighted by Gasteiger charge is 2.35. The third kappa shape index (κ3) is 8.43. The second kappa shape index (κ2) is 15.5. The Morgan fingerprint density at radius 2 is 1.87 bits per heavy atom. The van der Waals surface area contributed by atoms with Gasteiger partial charge in [0.1, 0.15) is 6.04 Å². The predicted octanol–water partition coefficient (Wildman–Crippen LogP) is 4.61. The van der Waals surface area contributed by atoms with Crippen molar-refractivity contribution in [2.24, 2.45) is 5.92 Å². The van der Waals surface area contributed by atoms with Crippen LogP contribution in [-0.2, 0) is 33.9 Å². The number of nitrogens with one attached hydrogen (secondary N) is 1. The van der Waals surface area contributed by atoms with Crippen molar-refractivity contribution < 1.29 is 19.5 Å². The topological polar surface area (TPSA) is 132 Å². The van der Waals surface area contributed by atoms with Crippen LogP contribution < -0.4 is 5.32 Å². The van der Waals surface area contributed by atoms with Crippen LogP contribution in [0.2, 0.25) is 0 Å². The Kier molecular flexibility index (Phi) is 11.0. The standard InChI is InChI=1S/C37H42N6O4/c1-3-26(2)33(40-35(44)18-31-20-39-25-42(31)21-28-15-13-27(19-38)14-16-28)23-41(24-36(45)43-17-7-12-34(43)37(46)47)22-30-10-6-9-29-8-4-5-11-32(29)30/h4-6,8-11,13-16,20,25-26,33-34H,3,7,12,17-18,21-24H2,1-2H3,(H,40,44)(H,46,47)/t26-,33+,34+/m0/s1. The number of benzene rings is 3. The van der Waals surface area contributed by atoms with Gasteiger partial charge in [-0.05, 0) is 52.8 Å². The lowest BCUT2D eigenvalue weighted by atomic mass is 9.97. The largest absolute Gasteiger partial charge is 0.480 e. The van der Waals surface area contributed by atoms with Gasteiger partial charge in [0.2, 0.25) is 11.8 Å². The SMILES string of the molecule is CC[C@H](C)[C@@H](CN(CC(=O)N1CCC[C@@H]1C(=O)O)Cc1cccc2ccccc12)NC(=O)Cc1cncn1Cc1ccc(C#N)cc1. The molecule has 0 unspecified atom stereocenters. The fraction of sp³-hybridized carbons (Fsp3) is 0.378. The average Bonchev–Trinajstić information content (AvgIpc) is 3.75.